The highest BCUT2D eigenvalue weighted by molar-refractivity contribution is 7.26. The summed E-state index contributed by atoms with van der Waals surface area (Å²) in [4.78, 5) is 6.93. The second kappa shape index (κ2) is 25.2. The second-order valence-corrected chi connectivity index (χ2v) is 25.5. The summed E-state index contributed by atoms with van der Waals surface area (Å²) in [7, 11) is 0. The maximum atomic E-state index is 6.29. The summed E-state index contributed by atoms with van der Waals surface area (Å²) in [6.07, 6.45) is 0.938. The Morgan fingerprint density at radius 3 is 1.05 bits per heavy atom. The molecule has 18 aromatic rings. The van der Waals surface area contributed by atoms with Crippen LogP contribution < -0.4 is 14.7 Å². The Labute approximate surface area is 551 Å². The molecule has 18 rings (SSSR count). The van der Waals surface area contributed by atoms with Crippen LogP contribution >= 0.6 is 34.3 Å². The Hall–Kier alpha value is -11.2. The summed E-state index contributed by atoms with van der Waals surface area (Å²) in [6, 6.07) is 119. The van der Waals surface area contributed by atoms with Gasteiger partial charge in [-0.3, -0.25) is 0 Å². The maximum absolute atomic E-state index is 6.29. The highest BCUT2D eigenvalue weighted by atomic mass is 35.5. The van der Waals surface area contributed by atoms with Crippen LogP contribution in [0.2, 0.25) is 5.02 Å². The minimum Gasteiger partial charge on any atom is -0.456 e. The molecule has 0 fully saturated rings. The van der Waals surface area contributed by atoms with Crippen LogP contribution in [0, 0.1) is 0 Å². The maximum Gasteiger partial charge on any atom is 0.137 e. The summed E-state index contributed by atoms with van der Waals surface area (Å²) in [5.74, 6) is 0. The van der Waals surface area contributed by atoms with E-state index in [0.29, 0.717) is 0 Å². The van der Waals surface area contributed by atoms with Gasteiger partial charge in [0.25, 0.3) is 0 Å². The molecule has 0 aliphatic rings. The minimum atomic E-state index is 0.782. The Morgan fingerprint density at radius 1 is 0.226 bits per heavy atom. The SMILES string of the molecule is Clc1ccc2c(c1)sc1ccc(N(c3ccccc3)c3ccccc3)cc12.c1ccc(Cc2ccc3c(c2)oc2ccccc23)cc1.c1ccc(N(c2ccc3c(c2)oc2ccccc23)c2ccc3c(c2)sc2ccc(N(c4ccccc4)c4ccccc4)cc23)cc1. The second-order valence-electron chi connectivity index (χ2n) is 22.9. The normalized spacial score (nSPS) is 11.3. The zero-order valence-electron chi connectivity index (χ0n) is 50.4. The molecule has 444 valence electrons. The number of rotatable bonds is 11. The highest BCUT2D eigenvalue weighted by Crippen LogP contribution is 2.46. The number of nitrogens with zero attached hydrogens (tertiary/aromatic N) is 3. The van der Waals surface area contributed by atoms with Crippen LogP contribution in [0.3, 0.4) is 0 Å². The van der Waals surface area contributed by atoms with Gasteiger partial charge < -0.3 is 23.5 Å². The molecule has 0 spiro atoms. The van der Waals surface area contributed by atoms with E-state index in [2.05, 4.69) is 300 Å². The molecule has 0 saturated carbocycles. The van der Waals surface area contributed by atoms with Gasteiger partial charge in [-0.15, -0.1) is 22.7 Å². The van der Waals surface area contributed by atoms with Gasteiger partial charge >= 0.3 is 0 Å². The number of thiophene rings is 2. The van der Waals surface area contributed by atoms with E-state index in [1.54, 1.807) is 11.3 Å². The molecule has 4 aromatic heterocycles. The molecule has 93 heavy (non-hydrogen) atoms. The van der Waals surface area contributed by atoms with E-state index in [0.717, 1.165) is 95.7 Å². The Balaban J connectivity index is 0.000000123. The van der Waals surface area contributed by atoms with Gasteiger partial charge in [0.1, 0.15) is 22.3 Å². The minimum absolute atomic E-state index is 0.782. The number of furan rings is 2. The fourth-order valence-corrected chi connectivity index (χ4v) is 15.2. The highest BCUT2D eigenvalue weighted by Gasteiger charge is 2.20. The van der Waals surface area contributed by atoms with E-state index in [-0.39, 0.29) is 0 Å². The molecule has 8 heteroatoms. The average molecular weight is 1250 g/mol. The van der Waals surface area contributed by atoms with Crippen LogP contribution in [0.1, 0.15) is 11.1 Å². The largest absolute Gasteiger partial charge is 0.456 e. The summed E-state index contributed by atoms with van der Waals surface area (Å²) < 4.78 is 17.2. The van der Waals surface area contributed by atoms with Crippen molar-refractivity contribution >= 4 is 170 Å². The van der Waals surface area contributed by atoms with E-state index in [1.807, 2.05) is 65.9 Å². The monoisotopic (exact) mass is 1250 g/mol. The molecule has 0 amide bonds. The van der Waals surface area contributed by atoms with Gasteiger partial charge in [-0.25, -0.2) is 0 Å². The molecule has 0 saturated heterocycles. The molecule has 0 N–H and O–H groups in total. The van der Waals surface area contributed by atoms with E-state index in [1.165, 1.54) is 62.2 Å². The molecule has 0 bridgehead atoms. The van der Waals surface area contributed by atoms with Gasteiger partial charge in [-0.2, -0.15) is 0 Å². The van der Waals surface area contributed by atoms with Crippen molar-refractivity contribution in [1.82, 2.24) is 0 Å². The first-order valence-electron chi connectivity index (χ1n) is 31.1. The first-order chi connectivity index (χ1) is 46.0. The van der Waals surface area contributed by atoms with E-state index in [9.17, 15) is 0 Å². The molecular formula is C85H58ClN3O2S2. The molecule has 0 unspecified atom stereocenters. The Morgan fingerprint density at radius 2 is 0.570 bits per heavy atom. The predicted octanol–water partition coefficient (Wildman–Crippen LogP) is 26.2. The van der Waals surface area contributed by atoms with Crippen molar-refractivity contribution in [2.75, 3.05) is 14.7 Å². The molecule has 0 aliphatic carbocycles. The number of para-hydroxylation sites is 7. The van der Waals surface area contributed by atoms with Gasteiger partial charge in [-0.05, 0) is 169 Å². The van der Waals surface area contributed by atoms with Crippen LogP contribution in [0.15, 0.2) is 349 Å². The van der Waals surface area contributed by atoms with Gasteiger partial charge in [0.05, 0.1) is 0 Å². The average Bonchev–Trinajstić information content (AvgIpc) is 1.72. The van der Waals surface area contributed by atoms with Crippen molar-refractivity contribution in [3.63, 3.8) is 0 Å². The lowest BCUT2D eigenvalue weighted by Crippen LogP contribution is -2.09. The summed E-state index contributed by atoms with van der Waals surface area (Å²) in [6.45, 7) is 0. The topological polar surface area (TPSA) is 36.0 Å². The zero-order chi connectivity index (χ0) is 62.0. The quantitative estimate of drug-likeness (QED) is 0.129. The zero-order valence-corrected chi connectivity index (χ0v) is 52.8. The van der Waals surface area contributed by atoms with Crippen LogP contribution in [0.4, 0.5) is 51.2 Å². The van der Waals surface area contributed by atoms with Gasteiger partial charge in [-0.1, -0.05) is 194 Å². The number of anilines is 9. The number of fused-ring (bicyclic) bond motifs is 12. The summed E-state index contributed by atoms with van der Waals surface area (Å²) >= 11 is 9.81. The third kappa shape index (κ3) is 11.5. The van der Waals surface area contributed by atoms with Gasteiger partial charge in [0, 0.05) is 124 Å². The smallest absolute Gasteiger partial charge is 0.137 e. The third-order valence-electron chi connectivity index (χ3n) is 17.0. The standard InChI is InChI=1S/C42H28N2OS.C24H16ClNS.C19H14O/c1-4-12-29(13-5-1)43(30-14-6-2-7-15-30)32-22-25-41-38(26-32)37-24-21-34(28-42(37)46-41)44(31-16-8-3-9-17-31)33-20-23-36-35-18-10-11-19-39(35)45-40(36)27-33;25-17-11-13-21-22-16-20(12-14-23(22)27-24(21)15-17)26(18-7-3-1-4-8-18)19-9-5-2-6-10-19;1-2-6-14(7-3-1)12-15-10-11-17-16-8-4-5-9-18(16)20-19(17)13-15/h1-28H;1-16H;1-11,13H,12H2. The van der Waals surface area contributed by atoms with Crippen LogP contribution in [-0.4, -0.2) is 0 Å². The number of benzene rings is 14. The Kier molecular flexibility index (Phi) is 15.5. The van der Waals surface area contributed by atoms with Crippen molar-refractivity contribution in [2.24, 2.45) is 0 Å². The van der Waals surface area contributed by atoms with Gasteiger partial charge in [0.2, 0.25) is 0 Å². The van der Waals surface area contributed by atoms with E-state index < -0.39 is 0 Å². The molecular weight excluding hydrogens is 1190 g/mol. The summed E-state index contributed by atoms with van der Waals surface area (Å²) in [5, 5.41) is 10.5. The van der Waals surface area contributed by atoms with E-state index in [4.69, 9.17) is 20.4 Å². The number of hydrogen-bond donors (Lipinski definition) is 0. The number of halogens is 1. The van der Waals surface area contributed by atoms with Crippen molar-refractivity contribution in [2.45, 2.75) is 6.42 Å². The molecule has 0 atom stereocenters. The number of hydrogen-bond acceptors (Lipinski definition) is 7. The molecule has 5 nitrogen and oxygen atoms in total. The summed E-state index contributed by atoms with van der Waals surface area (Å²) in [5.41, 5.74) is 16.4. The molecule has 0 aliphatic heterocycles. The van der Waals surface area contributed by atoms with Crippen LogP contribution in [0.5, 0.6) is 0 Å². The van der Waals surface area contributed by atoms with Crippen LogP contribution in [0.25, 0.3) is 84.2 Å². The van der Waals surface area contributed by atoms with Gasteiger partial charge in [0.15, 0.2) is 0 Å². The lowest BCUT2D eigenvalue weighted by atomic mass is 10.0. The fraction of sp³-hybridized carbons (Fsp3) is 0.0118. The van der Waals surface area contributed by atoms with Crippen LogP contribution in [-0.2, 0) is 6.42 Å². The van der Waals surface area contributed by atoms with Crippen molar-refractivity contribution in [3.05, 3.63) is 356 Å². The predicted molar refractivity (Wildman–Crippen MR) is 398 cm³/mol. The lowest BCUT2D eigenvalue weighted by molar-refractivity contribution is 0.668. The Bertz CT molecular complexity index is 5560. The lowest BCUT2D eigenvalue weighted by Gasteiger charge is -2.25. The van der Waals surface area contributed by atoms with Crippen molar-refractivity contribution < 1.29 is 8.83 Å². The fourth-order valence-electron chi connectivity index (χ4n) is 12.7. The van der Waals surface area contributed by atoms with Crippen molar-refractivity contribution in [1.29, 1.82) is 0 Å². The first-order valence-corrected chi connectivity index (χ1v) is 33.1. The molecule has 0 radical (unpaired) electrons. The third-order valence-corrected chi connectivity index (χ3v) is 19.5. The first kappa shape index (κ1) is 57.0. The van der Waals surface area contributed by atoms with E-state index >= 15 is 0 Å². The van der Waals surface area contributed by atoms with Crippen molar-refractivity contribution in [3.8, 4) is 0 Å². The molecule has 4 heterocycles. The molecule has 14 aromatic carbocycles.